The van der Waals surface area contributed by atoms with Crippen LogP contribution in [0.2, 0.25) is 0 Å². The van der Waals surface area contributed by atoms with E-state index < -0.39 is 45.4 Å². The topological polar surface area (TPSA) is 198 Å². The van der Waals surface area contributed by atoms with E-state index in [2.05, 4.69) is 20.7 Å². The largest absolute Gasteiger partial charge is 0.493 e. The van der Waals surface area contributed by atoms with Gasteiger partial charge in [0.2, 0.25) is 5.91 Å². The van der Waals surface area contributed by atoms with Crippen molar-refractivity contribution in [2.24, 2.45) is 7.05 Å². The maximum atomic E-state index is 13.7. The van der Waals surface area contributed by atoms with Crippen LogP contribution >= 0.6 is 0 Å². The molecular weight excluding hydrogens is 917 g/mol. The average Bonchev–Trinajstić information content (AvgIpc) is 3.78. The maximum absolute atomic E-state index is 13.7. The molecule has 9 rings (SSSR count). The van der Waals surface area contributed by atoms with Gasteiger partial charge in [0.05, 0.1) is 48.7 Å². The first-order valence-corrected chi connectivity index (χ1v) is 24.8. The molecule has 69 heavy (non-hydrogen) atoms. The van der Waals surface area contributed by atoms with Crippen LogP contribution < -0.4 is 34.6 Å². The molecule has 0 saturated carbocycles. The van der Waals surface area contributed by atoms with Crippen LogP contribution in [-0.2, 0) is 28.1 Å². The highest BCUT2D eigenvalue weighted by atomic mass is 32.2. The van der Waals surface area contributed by atoms with Crippen molar-refractivity contribution in [3.63, 3.8) is 0 Å². The molecule has 3 saturated heterocycles. The van der Waals surface area contributed by atoms with Gasteiger partial charge in [-0.1, -0.05) is 18.2 Å². The summed E-state index contributed by atoms with van der Waals surface area (Å²) < 4.78 is 70.6. The van der Waals surface area contributed by atoms with E-state index in [-0.39, 0.29) is 43.0 Å². The fraction of sp³-hybridized carbons (Fsp3) is 0.417. The normalized spacial score (nSPS) is 17.9. The van der Waals surface area contributed by atoms with Crippen molar-refractivity contribution in [3.8, 4) is 23.0 Å². The van der Waals surface area contributed by atoms with Gasteiger partial charge in [-0.15, -0.1) is 0 Å². The summed E-state index contributed by atoms with van der Waals surface area (Å²) in [6.45, 7) is 6.39. The van der Waals surface area contributed by atoms with Crippen molar-refractivity contribution in [3.05, 3.63) is 95.2 Å². The maximum Gasteiger partial charge on any atom is 0.329 e. The minimum absolute atomic E-state index is 0.0178. The van der Waals surface area contributed by atoms with Gasteiger partial charge >= 0.3 is 6.03 Å². The van der Waals surface area contributed by atoms with E-state index in [4.69, 9.17) is 14.2 Å². The molecule has 1 atom stereocenters. The van der Waals surface area contributed by atoms with Gasteiger partial charge in [0, 0.05) is 83.1 Å². The monoisotopic (exact) mass is 971 g/mol. The first-order chi connectivity index (χ1) is 33.0. The Balaban J connectivity index is 0.000000186. The summed E-state index contributed by atoms with van der Waals surface area (Å²) in [6, 6.07) is 18.1. The van der Waals surface area contributed by atoms with Crippen LogP contribution in [0.1, 0.15) is 64.1 Å². The zero-order valence-corrected chi connectivity index (χ0v) is 39.7. The number of piperazine rings is 1. The Labute approximate surface area is 398 Å². The third-order valence-electron chi connectivity index (χ3n) is 12.3. The summed E-state index contributed by atoms with van der Waals surface area (Å²) in [7, 11) is -0.279. The Morgan fingerprint density at radius 3 is 2.33 bits per heavy atom. The van der Waals surface area contributed by atoms with Crippen LogP contribution in [0.4, 0.5) is 25.2 Å². The third-order valence-corrected chi connectivity index (χ3v) is 13.3. The molecule has 6 heterocycles. The molecule has 4 aliphatic heterocycles. The van der Waals surface area contributed by atoms with Crippen molar-refractivity contribution < 1.29 is 50.6 Å². The van der Waals surface area contributed by atoms with Gasteiger partial charge in [0.25, 0.3) is 17.7 Å². The number of hydrogen-bond acceptors (Lipinski definition) is 14. The highest BCUT2D eigenvalue weighted by Crippen LogP contribution is 2.39. The quantitative estimate of drug-likeness (QED) is 0.135. The number of anilines is 2. The van der Waals surface area contributed by atoms with Crippen molar-refractivity contribution in [1.29, 1.82) is 0 Å². The van der Waals surface area contributed by atoms with Gasteiger partial charge in [-0.3, -0.25) is 39.1 Å². The van der Waals surface area contributed by atoms with E-state index in [0.29, 0.717) is 79.3 Å². The molecule has 2 aromatic heterocycles. The summed E-state index contributed by atoms with van der Waals surface area (Å²) >= 11 is 0. The Morgan fingerprint density at radius 1 is 0.884 bits per heavy atom. The van der Waals surface area contributed by atoms with Gasteiger partial charge < -0.3 is 24.4 Å². The number of piperidine rings is 1. The van der Waals surface area contributed by atoms with E-state index in [0.717, 1.165) is 47.3 Å². The predicted molar refractivity (Wildman–Crippen MR) is 253 cm³/mol. The number of aromatic nitrogens is 3. The van der Waals surface area contributed by atoms with Gasteiger partial charge in [0.1, 0.15) is 27.2 Å². The number of rotatable bonds is 14. The van der Waals surface area contributed by atoms with Crippen molar-refractivity contribution in [2.75, 3.05) is 87.9 Å². The number of methoxy groups -OCH3 is 1. The van der Waals surface area contributed by atoms with Crippen LogP contribution in [0.25, 0.3) is 10.9 Å². The minimum Gasteiger partial charge on any atom is -0.493 e. The number of likely N-dealkylation sites (tertiary alicyclic amines) is 1. The molecule has 2 N–H and O–H groups in total. The fourth-order valence-corrected chi connectivity index (χ4v) is 9.90. The number of amides is 5. The molecule has 3 aromatic carbocycles. The number of benzene rings is 3. The number of halogens is 2. The SMILES string of the molecule is CCOc1cc(C(CS(C)(=O)=O)N2C(=O)c3ccnc(N4CCNCC4)c3C2=O)ccc1OC.Cn1nc(N2CCC(=O)NC2=O)c2ccc(Oc3ccc(CCN4CCCC(F)(F)C4)cc3)cc21. The molecule has 4 aliphatic rings. The Kier molecular flexibility index (Phi) is 14.5. The van der Waals surface area contributed by atoms with E-state index in [1.807, 2.05) is 59.2 Å². The second kappa shape index (κ2) is 20.5. The molecular formula is C48H55F2N9O9S. The standard InChI is InChI=1S/C25H27F2N5O3.C23H28N4O6S/c1-30-21-15-19(7-8-20(21)23(29-30)32-14-10-22(33)28-24(32)34)35-18-5-3-17(4-6-18)9-13-31-12-2-11-25(26,27)16-31;1-4-33-19-13-15(5-6-18(19)32-2)17(14-34(3,30)31)27-22(28)16-7-8-25-21(20(16)23(27)29)26-11-9-24-10-12-26/h3-8,15H,2,9-14,16H2,1H3,(H,28,33,34);5-8,13,17,24H,4,9-12,14H2,1-3H3. The van der Waals surface area contributed by atoms with Crippen molar-refractivity contribution in [1.82, 2.24) is 35.2 Å². The number of carbonyl (C=O) groups excluding carboxylic acids is 4. The lowest BCUT2D eigenvalue weighted by molar-refractivity contribution is -0.120. The molecule has 0 spiro atoms. The second-order valence-electron chi connectivity index (χ2n) is 17.3. The fourth-order valence-electron chi connectivity index (χ4n) is 8.99. The molecule has 5 amide bonds. The summed E-state index contributed by atoms with van der Waals surface area (Å²) in [6.07, 6.45) is 4.04. The molecule has 0 bridgehead atoms. The number of pyridine rings is 1. The molecule has 1 unspecified atom stereocenters. The number of hydrogen-bond donors (Lipinski definition) is 2. The summed E-state index contributed by atoms with van der Waals surface area (Å²) in [4.78, 5) is 61.6. The lowest BCUT2D eigenvalue weighted by Gasteiger charge is -2.32. The second-order valence-corrected chi connectivity index (χ2v) is 19.5. The lowest BCUT2D eigenvalue weighted by atomic mass is 10.1. The lowest BCUT2D eigenvalue weighted by Crippen LogP contribution is -2.49. The van der Waals surface area contributed by atoms with Gasteiger partial charge in [-0.25, -0.2) is 27.0 Å². The van der Waals surface area contributed by atoms with Crippen LogP contribution in [0, 0.1) is 0 Å². The molecule has 21 heteroatoms. The Morgan fingerprint density at radius 2 is 1.64 bits per heavy atom. The minimum atomic E-state index is -3.57. The number of ether oxygens (including phenoxy) is 3. The number of alkyl halides is 2. The third kappa shape index (κ3) is 11.1. The summed E-state index contributed by atoms with van der Waals surface area (Å²) in [5.41, 5.74) is 2.76. The van der Waals surface area contributed by atoms with E-state index in [1.165, 1.54) is 24.3 Å². The van der Waals surface area contributed by atoms with Crippen molar-refractivity contribution >= 4 is 56.1 Å². The zero-order chi connectivity index (χ0) is 49.0. The summed E-state index contributed by atoms with van der Waals surface area (Å²) in [5, 5.41) is 10.8. The predicted octanol–water partition coefficient (Wildman–Crippen LogP) is 5.37. The number of urea groups is 1. The molecule has 18 nitrogen and oxygen atoms in total. The number of sulfone groups is 1. The molecule has 0 aliphatic carbocycles. The van der Waals surface area contributed by atoms with E-state index in [1.54, 1.807) is 29.9 Å². The van der Waals surface area contributed by atoms with E-state index in [9.17, 15) is 36.4 Å². The van der Waals surface area contributed by atoms with Gasteiger partial charge in [-0.2, -0.15) is 5.10 Å². The number of nitrogens with zero attached hydrogens (tertiary/aromatic N) is 7. The van der Waals surface area contributed by atoms with E-state index >= 15 is 0 Å². The molecule has 5 aromatic rings. The van der Waals surface area contributed by atoms with Crippen LogP contribution in [0.3, 0.4) is 0 Å². The Bertz CT molecular complexity index is 2860. The highest BCUT2D eigenvalue weighted by Gasteiger charge is 2.45. The number of imide groups is 2. The molecule has 366 valence electrons. The number of fused-ring (bicyclic) bond motifs is 2. The van der Waals surface area contributed by atoms with Crippen molar-refractivity contribution in [2.45, 2.75) is 44.6 Å². The zero-order valence-electron chi connectivity index (χ0n) is 38.9. The van der Waals surface area contributed by atoms with Crippen LogP contribution in [0.15, 0.2) is 72.9 Å². The van der Waals surface area contributed by atoms with Gasteiger partial charge in [0.15, 0.2) is 17.3 Å². The van der Waals surface area contributed by atoms with Gasteiger partial charge in [-0.05, 0) is 79.9 Å². The smallest absolute Gasteiger partial charge is 0.329 e. The highest BCUT2D eigenvalue weighted by molar-refractivity contribution is 7.90. The summed E-state index contributed by atoms with van der Waals surface area (Å²) in [5.74, 6) is -1.29. The first kappa shape index (κ1) is 48.7. The Hall–Kier alpha value is -6.71. The number of nitrogens with one attached hydrogen (secondary N) is 2. The first-order valence-electron chi connectivity index (χ1n) is 22.8. The number of carbonyl (C=O) groups is 4. The average molecular weight is 972 g/mol. The molecule has 3 fully saturated rings. The number of aryl methyl sites for hydroxylation is 1. The van der Waals surface area contributed by atoms with Crippen LogP contribution in [0.5, 0.6) is 23.0 Å². The molecule has 0 radical (unpaired) electrons. The van der Waals surface area contributed by atoms with Crippen LogP contribution in [-0.4, -0.2) is 141 Å².